The molecule has 2 aromatic rings. The number of aryl methyl sites for hydroxylation is 1. The Morgan fingerprint density at radius 3 is 2.12 bits per heavy atom. The van der Waals surface area contributed by atoms with Crippen molar-refractivity contribution in [2.45, 2.75) is 20.8 Å². The molecule has 0 aliphatic carbocycles. The summed E-state index contributed by atoms with van der Waals surface area (Å²) < 4.78 is 11.8. The topological polar surface area (TPSA) is 18.5 Å². The summed E-state index contributed by atoms with van der Waals surface area (Å²) in [6.07, 6.45) is 0. The molecule has 0 saturated carbocycles. The molecule has 2 nitrogen and oxygen atoms in total. The Labute approximate surface area is 101 Å². The molecule has 0 fully saturated rings. The molecule has 1 aliphatic rings. The van der Waals surface area contributed by atoms with Crippen LogP contribution in [0.3, 0.4) is 0 Å². The number of rotatable bonds is 0. The van der Waals surface area contributed by atoms with E-state index in [0.29, 0.717) is 0 Å². The molecular formula is C15H14O2. The highest BCUT2D eigenvalue weighted by atomic mass is 16.6. The minimum absolute atomic E-state index is 0.780. The third-order valence-electron chi connectivity index (χ3n) is 3.35. The number of benzene rings is 2. The van der Waals surface area contributed by atoms with Crippen LogP contribution >= 0.6 is 0 Å². The van der Waals surface area contributed by atoms with Gasteiger partial charge in [-0.05, 0) is 55.7 Å². The van der Waals surface area contributed by atoms with E-state index in [1.54, 1.807) is 0 Å². The molecule has 0 saturated heterocycles. The van der Waals surface area contributed by atoms with Crippen molar-refractivity contribution in [2.24, 2.45) is 0 Å². The Balaban J connectivity index is 2.18. The lowest BCUT2D eigenvalue weighted by Crippen LogP contribution is -2.02. The summed E-state index contributed by atoms with van der Waals surface area (Å²) >= 11 is 0. The van der Waals surface area contributed by atoms with Crippen LogP contribution in [0.25, 0.3) is 0 Å². The molecular weight excluding hydrogens is 212 g/mol. The van der Waals surface area contributed by atoms with Gasteiger partial charge in [0.05, 0.1) is 0 Å². The first-order chi connectivity index (χ1) is 8.16. The van der Waals surface area contributed by atoms with E-state index in [-0.39, 0.29) is 0 Å². The first kappa shape index (κ1) is 10.2. The second kappa shape index (κ2) is 3.52. The van der Waals surface area contributed by atoms with Crippen molar-refractivity contribution in [1.82, 2.24) is 0 Å². The maximum Gasteiger partial charge on any atom is 0.173 e. The fourth-order valence-corrected chi connectivity index (χ4v) is 2.07. The molecule has 0 aromatic heterocycles. The standard InChI is InChI=1S/C15H14O2/c1-9-8-14-15(11(3)10(9)2)17-13-7-5-4-6-12(13)16-14/h4-8H,1-3H3. The van der Waals surface area contributed by atoms with Gasteiger partial charge in [-0.3, -0.25) is 0 Å². The molecule has 0 amide bonds. The van der Waals surface area contributed by atoms with Crippen LogP contribution in [0.1, 0.15) is 16.7 Å². The molecule has 2 aromatic carbocycles. The highest BCUT2D eigenvalue weighted by molar-refractivity contribution is 5.60. The highest BCUT2D eigenvalue weighted by Gasteiger charge is 2.21. The summed E-state index contributed by atoms with van der Waals surface area (Å²) in [6.45, 7) is 6.26. The van der Waals surface area contributed by atoms with Crippen LogP contribution in [0.15, 0.2) is 30.3 Å². The highest BCUT2D eigenvalue weighted by Crippen LogP contribution is 2.47. The number of hydrogen-bond acceptors (Lipinski definition) is 2. The average molecular weight is 226 g/mol. The zero-order chi connectivity index (χ0) is 12.0. The van der Waals surface area contributed by atoms with Gasteiger partial charge in [0.25, 0.3) is 0 Å². The van der Waals surface area contributed by atoms with Crippen molar-refractivity contribution in [3.63, 3.8) is 0 Å². The van der Waals surface area contributed by atoms with E-state index in [9.17, 15) is 0 Å². The van der Waals surface area contributed by atoms with Crippen LogP contribution in [0.5, 0.6) is 23.0 Å². The van der Waals surface area contributed by atoms with Gasteiger partial charge in [0.1, 0.15) is 0 Å². The zero-order valence-corrected chi connectivity index (χ0v) is 10.2. The molecule has 0 atom stereocenters. The van der Waals surface area contributed by atoms with Gasteiger partial charge in [-0.1, -0.05) is 12.1 Å². The first-order valence-electron chi connectivity index (χ1n) is 5.72. The van der Waals surface area contributed by atoms with E-state index in [4.69, 9.17) is 9.47 Å². The quantitative estimate of drug-likeness (QED) is 0.561. The second-order valence-corrected chi connectivity index (χ2v) is 4.42. The molecule has 1 aliphatic heterocycles. The van der Waals surface area contributed by atoms with Crippen LogP contribution < -0.4 is 9.47 Å². The monoisotopic (exact) mass is 226 g/mol. The first-order valence-corrected chi connectivity index (χ1v) is 5.72. The van der Waals surface area contributed by atoms with E-state index in [1.165, 1.54) is 11.1 Å². The van der Waals surface area contributed by atoms with Crippen molar-refractivity contribution in [1.29, 1.82) is 0 Å². The van der Waals surface area contributed by atoms with Crippen LogP contribution in [0.4, 0.5) is 0 Å². The maximum absolute atomic E-state index is 5.92. The average Bonchev–Trinajstić information content (AvgIpc) is 2.34. The van der Waals surface area contributed by atoms with Gasteiger partial charge in [0, 0.05) is 0 Å². The summed E-state index contributed by atoms with van der Waals surface area (Å²) in [6, 6.07) is 9.77. The molecule has 0 radical (unpaired) electrons. The van der Waals surface area contributed by atoms with Gasteiger partial charge in [-0.25, -0.2) is 0 Å². The van der Waals surface area contributed by atoms with E-state index >= 15 is 0 Å². The third-order valence-corrected chi connectivity index (χ3v) is 3.35. The molecule has 0 unspecified atom stereocenters. The van der Waals surface area contributed by atoms with Crippen LogP contribution in [-0.2, 0) is 0 Å². The summed E-state index contributed by atoms with van der Waals surface area (Å²) in [7, 11) is 0. The molecule has 1 heterocycles. The summed E-state index contributed by atoms with van der Waals surface area (Å²) in [5, 5.41) is 0. The molecule has 0 bridgehead atoms. The number of para-hydroxylation sites is 2. The summed E-state index contributed by atoms with van der Waals surface area (Å²) in [5.41, 5.74) is 3.63. The fraction of sp³-hybridized carbons (Fsp3) is 0.200. The number of ether oxygens (including phenoxy) is 2. The van der Waals surface area contributed by atoms with Crippen LogP contribution in [0.2, 0.25) is 0 Å². The van der Waals surface area contributed by atoms with E-state index in [2.05, 4.69) is 20.8 Å². The Morgan fingerprint density at radius 2 is 1.41 bits per heavy atom. The van der Waals surface area contributed by atoms with Gasteiger partial charge in [0.15, 0.2) is 23.0 Å². The van der Waals surface area contributed by atoms with Crippen molar-refractivity contribution in [2.75, 3.05) is 0 Å². The SMILES string of the molecule is Cc1cc2c(c(C)c1C)Oc1ccccc1O2. The van der Waals surface area contributed by atoms with Gasteiger partial charge in [0.2, 0.25) is 0 Å². The molecule has 17 heavy (non-hydrogen) atoms. The minimum atomic E-state index is 0.780. The molecule has 2 heteroatoms. The Hall–Kier alpha value is -1.96. The van der Waals surface area contributed by atoms with Crippen molar-refractivity contribution >= 4 is 0 Å². The van der Waals surface area contributed by atoms with Crippen molar-refractivity contribution in [3.8, 4) is 23.0 Å². The maximum atomic E-state index is 5.92. The lowest BCUT2D eigenvalue weighted by molar-refractivity contribution is 0.357. The van der Waals surface area contributed by atoms with Gasteiger partial charge in [-0.15, -0.1) is 0 Å². The normalized spacial score (nSPS) is 12.2. The predicted molar refractivity (Wildman–Crippen MR) is 67.2 cm³/mol. The largest absolute Gasteiger partial charge is 0.449 e. The van der Waals surface area contributed by atoms with Crippen LogP contribution in [-0.4, -0.2) is 0 Å². The lowest BCUT2D eigenvalue weighted by Gasteiger charge is -2.23. The van der Waals surface area contributed by atoms with Gasteiger partial charge >= 0.3 is 0 Å². The van der Waals surface area contributed by atoms with Crippen LogP contribution in [0, 0.1) is 20.8 Å². The molecule has 3 rings (SSSR count). The molecule has 0 spiro atoms. The van der Waals surface area contributed by atoms with Crippen molar-refractivity contribution in [3.05, 3.63) is 47.0 Å². The van der Waals surface area contributed by atoms with E-state index in [0.717, 1.165) is 28.6 Å². The summed E-state index contributed by atoms with van der Waals surface area (Å²) in [5.74, 6) is 3.21. The minimum Gasteiger partial charge on any atom is -0.449 e. The molecule has 0 N–H and O–H groups in total. The Kier molecular flexibility index (Phi) is 2.11. The fourth-order valence-electron chi connectivity index (χ4n) is 2.07. The zero-order valence-electron chi connectivity index (χ0n) is 10.2. The Morgan fingerprint density at radius 1 is 0.765 bits per heavy atom. The van der Waals surface area contributed by atoms with E-state index in [1.807, 2.05) is 30.3 Å². The number of hydrogen-bond donors (Lipinski definition) is 0. The van der Waals surface area contributed by atoms with E-state index < -0.39 is 0 Å². The second-order valence-electron chi connectivity index (χ2n) is 4.42. The molecule has 86 valence electrons. The van der Waals surface area contributed by atoms with Gasteiger partial charge < -0.3 is 9.47 Å². The number of fused-ring (bicyclic) bond motifs is 2. The third kappa shape index (κ3) is 1.48. The lowest BCUT2D eigenvalue weighted by atomic mass is 10.0. The predicted octanol–water partition coefficient (Wildman–Crippen LogP) is 4.51. The smallest absolute Gasteiger partial charge is 0.173 e. The summed E-state index contributed by atoms with van der Waals surface area (Å²) in [4.78, 5) is 0. The van der Waals surface area contributed by atoms with Crippen molar-refractivity contribution < 1.29 is 9.47 Å². The Bertz CT molecular complexity index is 600. The van der Waals surface area contributed by atoms with Gasteiger partial charge in [-0.2, -0.15) is 0 Å².